The van der Waals surface area contributed by atoms with E-state index in [4.69, 9.17) is 0 Å². The minimum atomic E-state index is -1.09. The SMILES string of the molecule is CNC(C)(C)C(=O)NC1(C(=O)O)CCC(C)CC1. The van der Waals surface area contributed by atoms with Crippen LogP contribution in [-0.4, -0.2) is 35.1 Å². The Kier molecular flexibility index (Phi) is 4.37. The number of likely N-dealkylation sites (N-methyl/N-ethyl adjacent to an activating group) is 1. The van der Waals surface area contributed by atoms with Crippen molar-refractivity contribution in [3.05, 3.63) is 0 Å². The number of carbonyl (C=O) groups is 2. The molecule has 5 heteroatoms. The van der Waals surface area contributed by atoms with Crippen LogP contribution in [0.4, 0.5) is 0 Å². The van der Waals surface area contributed by atoms with Crippen molar-refractivity contribution in [1.29, 1.82) is 0 Å². The molecule has 1 aliphatic carbocycles. The average Bonchev–Trinajstić information content (AvgIpc) is 2.32. The smallest absolute Gasteiger partial charge is 0.329 e. The molecule has 0 spiro atoms. The molecule has 0 aliphatic heterocycles. The number of aliphatic carboxylic acids is 1. The summed E-state index contributed by atoms with van der Waals surface area (Å²) in [5, 5.41) is 15.1. The van der Waals surface area contributed by atoms with Gasteiger partial charge in [-0.05, 0) is 52.5 Å². The quantitative estimate of drug-likeness (QED) is 0.704. The molecule has 0 aromatic rings. The first-order valence-corrected chi connectivity index (χ1v) is 6.48. The first kappa shape index (κ1) is 15.0. The molecular weight excluding hydrogens is 232 g/mol. The molecule has 1 rings (SSSR count). The van der Waals surface area contributed by atoms with E-state index in [9.17, 15) is 14.7 Å². The van der Waals surface area contributed by atoms with Gasteiger partial charge in [0.15, 0.2) is 0 Å². The number of nitrogens with one attached hydrogen (secondary N) is 2. The minimum Gasteiger partial charge on any atom is -0.480 e. The van der Waals surface area contributed by atoms with Crippen LogP contribution in [0.1, 0.15) is 46.5 Å². The summed E-state index contributed by atoms with van der Waals surface area (Å²) in [6.07, 6.45) is 2.70. The predicted octanol–water partition coefficient (Wildman–Crippen LogP) is 1.13. The van der Waals surface area contributed by atoms with E-state index < -0.39 is 17.0 Å². The van der Waals surface area contributed by atoms with Crippen LogP contribution >= 0.6 is 0 Å². The van der Waals surface area contributed by atoms with E-state index in [0.29, 0.717) is 18.8 Å². The van der Waals surface area contributed by atoms with Gasteiger partial charge in [0.25, 0.3) is 0 Å². The van der Waals surface area contributed by atoms with Crippen LogP contribution in [-0.2, 0) is 9.59 Å². The summed E-state index contributed by atoms with van der Waals surface area (Å²) in [5.74, 6) is -0.650. The predicted molar refractivity (Wildman–Crippen MR) is 69.3 cm³/mol. The van der Waals surface area contributed by atoms with Gasteiger partial charge >= 0.3 is 5.97 Å². The molecule has 18 heavy (non-hydrogen) atoms. The monoisotopic (exact) mass is 256 g/mol. The third-order valence-corrected chi connectivity index (χ3v) is 4.08. The zero-order chi connectivity index (χ0) is 14.0. The van der Waals surface area contributed by atoms with Gasteiger partial charge in [0, 0.05) is 0 Å². The minimum absolute atomic E-state index is 0.262. The third-order valence-electron chi connectivity index (χ3n) is 4.08. The molecule has 1 fully saturated rings. The van der Waals surface area contributed by atoms with Crippen LogP contribution in [0.3, 0.4) is 0 Å². The number of rotatable bonds is 4. The molecule has 0 radical (unpaired) electrons. The topological polar surface area (TPSA) is 78.4 Å². The molecule has 0 heterocycles. The molecule has 0 aromatic carbocycles. The van der Waals surface area contributed by atoms with Crippen molar-refractivity contribution in [3.63, 3.8) is 0 Å². The lowest BCUT2D eigenvalue weighted by Crippen LogP contribution is -2.62. The van der Waals surface area contributed by atoms with Crippen LogP contribution in [0.15, 0.2) is 0 Å². The fourth-order valence-electron chi connectivity index (χ4n) is 2.13. The Morgan fingerprint density at radius 3 is 2.17 bits per heavy atom. The van der Waals surface area contributed by atoms with Crippen molar-refractivity contribution < 1.29 is 14.7 Å². The van der Waals surface area contributed by atoms with Crippen molar-refractivity contribution in [3.8, 4) is 0 Å². The van der Waals surface area contributed by atoms with Crippen molar-refractivity contribution in [2.45, 2.75) is 57.5 Å². The van der Waals surface area contributed by atoms with E-state index in [1.807, 2.05) is 0 Å². The highest BCUT2D eigenvalue weighted by atomic mass is 16.4. The van der Waals surface area contributed by atoms with E-state index in [2.05, 4.69) is 17.6 Å². The molecular formula is C13H24N2O3. The number of carboxylic acid groups (broad SMARTS) is 1. The number of hydrogen-bond donors (Lipinski definition) is 3. The first-order chi connectivity index (χ1) is 8.23. The Hall–Kier alpha value is -1.10. The number of hydrogen-bond acceptors (Lipinski definition) is 3. The van der Waals surface area contributed by atoms with Crippen LogP contribution < -0.4 is 10.6 Å². The highest BCUT2D eigenvalue weighted by Gasteiger charge is 2.44. The van der Waals surface area contributed by atoms with Crippen LogP contribution in [0, 0.1) is 5.92 Å². The molecule has 0 saturated heterocycles. The molecule has 104 valence electrons. The van der Waals surface area contributed by atoms with E-state index in [0.717, 1.165) is 12.8 Å². The molecule has 3 N–H and O–H groups in total. The highest BCUT2D eigenvalue weighted by Crippen LogP contribution is 2.32. The maximum Gasteiger partial charge on any atom is 0.329 e. The fourth-order valence-corrected chi connectivity index (χ4v) is 2.13. The second-order valence-electron chi connectivity index (χ2n) is 5.90. The largest absolute Gasteiger partial charge is 0.480 e. The number of amides is 1. The average molecular weight is 256 g/mol. The zero-order valence-electron chi connectivity index (χ0n) is 11.7. The highest BCUT2D eigenvalue weighted by molar-refractivity contribution is 5.91. The lowest BCUT2D eigenvalue weighted by Gasteiger charge is -2.38. The second-order valence-corrected chi connectivity index (χ2v) is 5.90. The molecule has 1 aliphatic rings. The molecule has 0 unspecified atom stereocenters. The van der Waals surface area contributed by atoms with Gasteiger partial charge in [0.2, 0.25) is 5.91 Å². The van der Waals surface area contributed by atoms with Crippen LogP contribution in [0.25, 0.3) is 0 Å². The lowest BCUT2D eigenvalue weighted by molar-refractivity contribution is -0.150. The molecule has 0 bridgehead atoms. The van der Waals surface area contributed by atoms with E-state index in [1.165, 1.54) is 0 Å². The van der Waals surface area contributed by atoms with Gasteiger partial charge in [0.05, 0.1) is 5.54 Å². The van der Waals surface area contributed by atoms with Gasteiger partial charge in [-0.3, -0.25) is 4.79 Å². The van der Waals surface area contributed by atoms with Crippen molar-refractivity contribution in [1.82, 2.24) is 10.6 Å². The third kappa shape index (κ3) is 3.02. The maximum atomic E-state index is 12.1. The Balaban J connectivity index is 2.82. The molecule has 0 atom stereocenters. The van der Waals surface area contributed by atoms with Gasteiger partial charge in [0.1, 0.15) is 5.54 Å². The Morgan fingerprint density at radius 1 is 1.28 bits per heavy atom. The van der Waals surface area contributed by atoms with Gasteiger partial charge in [-0.15, -0.1) is 0 Å². The zero-order valence-corrected chi connectivity index (χ0v) is 11.7. The Bertz CT molecular complexity index is 331. The standard InChI is InChI=1S/C13H24N2O3/c1-9-5-7-13(8-6-9,11(17)18)15-10(16)12(2,3)14-4/h9,14H,5-8H2,1-4H3,(H,15,16)(H,17,18). The van der Waals surface area contributed by atoms with Gasteiger partial charge < -0.3 is 15.7 Å². The van der Waals surface area contributed by atoms with Crippen molar-refractivity contribution in [2.24, 2.45) is 5.92 Å². The summed E-state index contributed by atoms with van der Waals surface area (Å²) in [6, 6.07) is 0. The summed E-state index contributed by atoms with van der Waals surface area (Å²) >= 11 is 0. The summed E-state index contributed by atoms with van der Waals surface area (Å²) in [5.41, 5.74) is -1.84. The van der Waals surface area contributed by atoms with Crippen LogP contribution in [0.5, 0.6) is 0 Å². The van der Waals surface area contributed by atoms with Crippen LogP contribution in [0.2, 0.25) is 0 Å². The van der Waals surface area contributed by atoms with E-state index in [1.54, 1.807) is 20.9 Å². The van der Waals surface area contributed by atoms with Crippen molar-refractivity contribution >= 4 is 11.9 Å². The van der Waals surface area contributed by atoms with Crippen molar-refractivity contribution in [2.75, 3.05) is 7.05 Å². The van der Waals surface area contributed by atoms with E-state index in [-0.39, 0.29) is 5.91 Å². The van der Waals surface area contributed by atoms with Gasteiger partial charge in [-0.1, -0.05) is 6.92 Å². The molecule has 1 amide bonds. The Morgan fingerprint density at radius 2 is 1.78 bits per heavy atom. The summed E-state index contributed by atoms with van der Waals surface area (Å²) in [6.45, 7) is 5.60. The number of carboxylic acids is 1. The second kappa shape index (κ2) is 5.26. The number of carbonyl (C=O) groups excluding carboxylic acids is 1. The molecule has 0 aromatic heterocycles. The molecule has 5 nitrogen and oxygen atoms in total. The fraction of sp³-hybridized carbons (Fsp3) is 0.846. The summed E-state index contributed by atoms with van der Waals surface area (Å²) in [4.78, 5) is 23.6. The van der Waals surface area contributed by atoms with E-state index >= 15 is 0 Å². The first-order valence-electron chi connectivity index (χ1n) is 6.48. The lowest BCUT2D eigenvalue weighted by atomic mass is 9.76. The molecule has 1 saturated carbocycles. The van der Waals surface area contributed by atoms with Gasteiger partial charge in [-0.25, -0.2) is 4.79 Å². The summed E-state index contributed by atoms with van der Waals surface area (Å²) in [7, 11) is 1.69. The van der Waals surface area contributed by atoms with Gasteiger partial charge in [-0.2, -0.15) is 0 Å². The summed E-state index contributed by atoms with van der Waals surface area (Å²) < 4.78 is 0. The normalized spacial score (nSPS) is 28.8. The Labute approximate surface area is 108 Å². The maximum absolute atomic E-state index is 12.1.